The van der Waals surface area contributed by atoms with Crippen LogP contribution in [0.2, 0.25) is 0 Å². The van der Waals surface area contributed by atoms with Gasteiger partial charge in [0, 0.05) is 17.4 Å². The summed E-state index contributed by atoms with van der Waals surface area (Å²) in [7, 11) is 0. The highest BCUT2D eigenvalue weighted by atomic mass is 16.5. The Labute approximate surface area is 239 Å². The van der Waals surface area contributed by atoms with Gasteiger partial charge in [-0.3, -0.25) is 14.5 Å². The lowest BCUT2D eigenvalue weighted by molar-refractivity contribution is -0.156. The van der Waals surface area contributed by atoms with E-state index in [1.165, 1.54) is 11.4 Å². The Balaban J connectivity index is 1.43. The molecule has 7 nitrogen and oxygen atoms in total. The van der Waals surface area contributed by atoms with Gasteiger partial charge in [-0.05, 0) is 62.3 Å². The lowest BCUT2D eigenvalue weighted by Gasteiger charge is -2.37. The molecule has 3 aliphatic carbocycles. The number of urea groups is 1. The van der Waals surface area contributed by atoms with Gasteiger partial charge in [0.1, 0.15) is 12.6 Å². The molecule has 3 unspecified atom stereocenters. The van der Waals surface area contributed by atoms with Gasteiger partial charge in [-0.1, -0.05) is 77.5 Å². The van der Waals surface area contributed by atoms with Gasteiger partial charge < -0.3 is 4.74 Å². The zero-order chi connectivity index (χ0) is 28.2. The average molecular weight is 550 g/mol. The standard InChI is InChI=1S/C33H47N3O4/c1-22(2)26-18-17-23(3)19-30(26)40-31(38)21-36-33(39)35(20-29(37)24-11-7-8-12-24)28-16-10-9-15-27(28)32(34-36)25-13-5-4-6-14-25/h9-10,15-16,22-26,30H,4-8,11-14,17-21H2,1-3H3. The van der Waals surface area contributed by atoms with Gasteiger partial charge in [0.05, 0.1) is 17.9 Å². The van der Waals surface area contributed by atoms with Crippen molar-refractivity contribution in [3.8, 4) is 0 Å². The first-order chi connectivity index (χ1) is 19.3. The van der Waals surface area contributed by atoms with Crippen molar-refractivity contribution in [3.63, 3.8) is 0 Å². The smallest absolute Gasteiger partial charge is 0.345 e. The molecular formula is C33H47N3O4. The highest BCUT2D eigenvalue weighted by molar-refractivity contribution is 6.13. The number of benzene rings is 1. The van der Waals surface area contributed by atoms with E-state index in [0.717, 1.165) is 87.6 Å². The zero-order valence-corrected chi connectivity index (χ0v) is 24.6. The fourth-order valence-corrected chi connectivity index (χ4v) is 7.44. The number of ketones is 1. The topological polar surface area (TPSA) is 79.3 Å². The first-order valence-corrected chi connectivity index (χ1v) is 15.8. The number of hydrogen-bond donors (Lipinski definition) is 0. The van der Waals surface area contributed by atoms with Crippen LogP contribution in [0.1, 0.15) is 103 Å². The van der Waals surface area contributed by atoms with Crippen molar-refractivity contribution in [1.29, 1.82) is 0 Å². The summed E-state index contributed by atoms with van der Waals surface area (Å²) in [5.41, 5.74) is 2.48. The van der Waals surface area contributed by atoms with Crippen LogP contribution in [0.15, 0.2) is 29.4 Å². The highest BCUT2D eigenvalue weighted by Gasteiger charge is 2.38. The van der Waals surface area contributed by atoms with Crippen LogP contribution in [0.25, 0.3) is 0 Å². The number of carbonyl (C=O) groups excluding carboxylic acids is 3. The zero-order valence-electron chi connectivity index (χ0n) is 24.6. The molecule has 0 bridgehead atoms. The number of amides is 2. The maximum atomic E-state index is 14.1. The van der Waals surface area contributed by atoms with E-state index in [4.69, 9.17) is 9.84 Å². The van der Waals surface area contributed by atoms with Crippen molar-refractivity contribution in [2.24, 2.45) is 34.7 Å². The van der Waals surface area contributed by atoms with Gasteiger partial charge >= 0.3 is 12.0 Å². The first kappa shape index (κ1) is 28.8. The Bertz CT molecular complexity index is 1100. The van der Waals surface area contributed by atoms with Crippen LogP contribution in [0.5, 0.6) is 0 Å². The van der Waals surface area contributed by atoms with Gasteiger partial charge in [0.2, 0.25) is 0 Å². The predicted octanol–water partition coefficient (Wildman–Crippen LogP) is 6.98. The highest BCUT2D eigenvalue weighted by Crippen LogP contribution is 2.37. The summed E-state index contributed by atoms with van der Waals surface area (Å²) in [4.78, 5) is 42.5. The fraction of sp³-hybridized carbons (Fsp3) is 0.697. The lowest BCUT2D eigenvalue weighted by atomic mass is 9.75. The van der Waals surface area contributed by atoms with Crippen molar-refractivity contribution in [2.75, 3.05) is 18.0 Å². The first-order valence-electron chi connectivity index (χ1n) is 15.8. The quantitative estimate of drug-likeness (QED) is 0.328. The Morgan fingerprint density at radius 3 is 2.38 bits per heavy atom. The third-order valence-electron chi connectivity index (χ3n) is 9.79. The predicted molar refractivity (Wildman–Crippen MR) is 157 cm³/mol. The van der Waals surface area contributed by atoms with Gasteiger partial charge in [-0.15, -0.1) is 0 Å². The van der Waals surface area contributed by atoms with Crippen LogP contribution in [0, 0.1) is 29.6 Å². The van der Waals surface area contributed by atoms with Gasteiger partial charge in [0.25, 0.3) is 0 Å². The number of Topliss-reactive ketones (excluding diaryl/α,β-unsaturated/α-hetero) is 1. The largest absolute Gasteiger partial charge is 0.461 e. The molecule has 1 heterocycles. The number of rotatable bonds is 8. The number of ether oxygens (including phenoxy) is 1. The molecule has 0 aromatic heterocycles. The molecule has 3 atom stereocenters. The number of esters is 1. The summed E-state index contributed by atoms with van der Waals surface area (Å²) in [6.07, 6.45) is 12.3. The summed E-state index contributed by atoms with van der Waals surface area (Å²) >= 11 is 0. The molecular weight excluding hydrogens is 502 g/mol. The van der Waals surface area contributed by atoms with Crippen molar-refractivity contribution in [2.45, 2.75) is 104 Å². The molecule has 2 amide bonds. The molecule has 5 rings (SSSR count). The Morgan fingerprint density at radius 1 is 0.950 bits per heavy atom. The van der Waals surface area contributed by atoms with Crippen LogP contribution in [-0.4, -0.2) is 47.7 Å². The summed E-state index contributed by atoms with van der Waals surface area (Å²) < 4.78 is 6.10. The second-order valence-corrected chi connectivity index (χ2v) is 13.1. The van der Waals surface area contributed by atoms with E-state index in [-0.39, 0.29) is 36.8 Å². The van der Waals surface area contributed by atoms with Crippen molar-refractivity contribution in [1.82, 2.24) is 5.01 Å². The van der Waals surface area contributed by atoms with E-state index >= 15 is 0 Å². The van der Waals surface area contributed by atoms with E-state index in [2.05, 4.69) is 20.8 Å². The maximum Gasteiger partial charge on any atom is 0.345 e. The Hall–Kier alpha value is -2.70. The van der Waals surface area contributed by atoms with Crippen LogP contribution in [-0.2, 0) is 14.3 Å². The molecule has 0 spiro atoms. The number of fused-ring (bicyclic) bond motifs is 1. The minimum Gasteiger partial charge on any atom is -0.461 e. The monoisotopic (exact) mass is 549 g/mol. The molecule has 3 saturated carbocycles. The van der Waals surface area contributed by atoms with E-state index < -0.39 is 12.0 Å². The third kappa shape index (κ3) is 6.44. The van der Waals surface area contributed by atoms with Crippen molar-refractivity contribution in [3.05, 3.63) is 29.8 Å². The number of para-hydroxylation sites is 1. The van der Waals surface area contributed by atoms with Crippen molar-refractivity contribution >= 4 is 29.2 Å². The number of anilines is 1. The minimum atomic E-state index is -0.419. The second kappa shape index (κ2) is 12.9. The SMILES string of the molecule is CC1CCC(C(C)C)C(OC(=O)CN2N=C(C3CCCCC3)c3ccccc3N(CC(=O)C3CCCC3)C2=O)C1. The normalized spacial score (nSPS) is 26.4. The second-order valence-electron chi connectivity index (χ2n) is 13.1. The van der Waals surface area contributed by atoms with Crippen LogP contribution >= 0.6 is 0 Å². The molecule has 7 heteroatoms. The van der Waals surface area contributed by atoms with Crippen LogP contribution in [0.4, 0.5) is 10.5 Å². The Morgan fingerprint density at radius 2 is 1.65 bits per heavy atom. The Kier molecular flexibility index (Phi) is 9.27. The van der Waals surface area contributed by atoms with Crippen LogP contribution in [0.3, 0.4) is 0 Å². The van der Waals surface area contributed by atoms with E-state index in [0.29, 0.717) is 17.8 Å². The van der Waals surface area contributed by atoms with E-state index in [9.17, 15) is 14.4 Å². The molecule has 0 saturated heterocycles. The van der Waals surface area contributed by atoms with Gasteiger partial charge in [0.15, 0.2) is 5.78 Å². The number of hydrogen-bond acceptors (Lipinski definition) is 5. The minimum absolute atomic E-state index is 0.00150. The van der Waals surface area contributed by atoms with Gasteiger partial charge in [-0.2, -0.15) is 5.10 Å². The summed E-state index contributed by atoms with van der Waals surface area (Å²) in [6, 6.07) is 7.41. The number of carbonyl (C=O) groups is 3. The summed E-state index contributed by atoms with van der Waals surface area (Å²) in [6.45, 7) is 6.36. The molecule has 4 aliphatic rings. The molecule has 0 radical (unpaired) electrons. The fourth-order valence-electron chi connectivity index (χ4n) is 7.44. The molecule has 40 heavy (non-hydrogen) atoms. The lowest BCUT2D eigenvalue weighted by Crippen LogP contribution is -2.46. The van der Waals surface area contributed by atoms with Gasteiger partial charge in [-0.25, -0.2) is 9.80 Å². The van der Waals surface area contributed by atoms with Crippen molar-refractivity contribution < 1.29 is 19.1 Å². The summed E-state index contributed by atoms with van der Waals surface area (Å²) in [5.74, 6) is 1.16. The number of nitrogens with zero attached hydrogens (tertiary/aromatic N) is 3. The van der Waals surface area contributed by atoms with E-state index in [1.54, 1.807) is 4.90 Å². The molecule has 3 fully saturated rings. The molecule has 218 valence electrons. The summed E-state index contributed by atoms with van der Waals surface area (Å²) in [5, 5.41) is 6.22. The van der Waals surface area contributed by atoms with E-state index in [1.807, 2.05) is 24.3 Å². The third-order valence-corrected chi connectivity index (χ3v) is 9.79. The molecule has 1 aliphatic heterocycles. The van der Waals surface area contributed by atoms with Crippen LogP contribution < -0.4 is 4.90 Å². The number of hydrazone groups is 1. The average Bonchev–Trinajstić information content (AvgIpc) is 3.46. The molecule has 0 N–H and O–H groups in total. The molecule has 1 aromatic carbocycles. The molecule has 1 aromatic rings. The maximum absolute atomic E-state index is 14.1.